The van der Waals surface area contributed by atoms with Crippen LogP contribution in [0.3, 0.4) is 0 Å². The molecule has 2 N–H and O–H groups in total. The van der Waals surface area contributed by atoms with Crippen LogP contribution in [0.25, 0.3) is 0 Å². The fraction of sp³-hybridized carbons (Fsp3) is 0.278. The molecule has 0 saturated carbocycles. The number of fused-ring (bicyclic) bond motifs is 1. The maximum Gasteiger partial charge on any atom is 0.255 e. The van der Waals surface area contributed by atoms with Gasteiger partial charge in [0.1, 0.15) is 0 Å². The van der Waals surface area contributed by atoms with Gasteiger partial charge in [0.2, 0.25) is 6.79 Å². The molecule has 0 spiro atoms. The van der Waals surface area contributed by atoms with E-state index in [9.17, 15) is 4.79 Å². The number of hydrogen-bond acceptors (Lipinski definition) is 4. The van der Waals surface area contributed by atoms with Gasteiger partial charge in [0.05, 0.1) is 0 Å². The van der Waals surface area contributed by atoms with Crippen molar-refractivity contribution in [2.75, 3.05) is 17.4 Å². The first-order valence-electron chi connectivity index (χ1n) is 7.50. The molecule has 23 heavy (non-hydrogen) atoms. The van der Waals surface area contributed by atoms with E-state index in [1.165, 1.54) is 0 Å². The minimum atomic E-state index is -0.181. The second-order valence-corrected chi connectivity index (χ2v) is 6.47. The lowest BCUT2D eigenvalue weighted by molar-refractivity contribution is 0.102. The minimum Gasteiger partial charge on any atom is -0.454 e. The van der Waals surface area contributed by atoms with E-state index in [1.54, 1.807) is 18.2 Å². The van der Waals surface area contributed by atoms with E-state index in [-0.39, 0.29) is 18.2 Å². The van der Waals surface area contributed by atoms with E-state index in [4.69, 9.17) is 9.47 Å². The van der Waals surface area contributed by atoms with Crippen LogP contribution in [0.15, 0.2) is 42.5 Å². The van der Waals surface area contributed by atoms with E-state index >= 15 is 0 Å². The van der Waals surface area contributed by atoms with Crippen LogP contribution >= 0.6 is 0 Å². The van der Waals surface area contributed by atoms with E-state index in [2.05, 4.69) is 31.4 Å². The van der Waals surface area contributed by atoms with Crippen molar-refractivity contribution >= 4 is 17.3 Å². The van der Waals surface area contributed by atoms with Crippen molar-refractivity contribution in [3.63, 3.8) is 0 Å². The highest BCUT2D eigenvalue weighted by atomic mass is 16.7. The molecule has 1 aliphatic heterocycles. The van der Waals surface area contributed by atoms with Gasteiger partial charge < -0.3 is 20.1 Å². The molecule has 0 unspecified atom stereocenters. The van der Waals surface area contributed by atoms with Crippen molar-refractivity contribution in [1.29, 1.82) is 0 Å². The van der Waals surface area contributed by atoms with Gasteiger partial charge in [0.15, 0.2) is 11.5 Å². The average Bonchev–Trinajstić information content (AvgIpc) is 2.95. The summed E-state index contributed by atoms with van der Waals surface area (Å²) in [5, 5.41) is 6.25. The Morgan fingerprint density at radius 1 is 0.957 bits per heavy atom. The zero-order valence-electron chi connectivity index (χ0n) is 13.5. The lowest BCUT2D eigenvalue weighted by Gasteiger charge is -2.22. The summed E-state index contributed by atoms with van der Waals surface area (Å²) < 4.78 is 10.5. The van der Waals surface area contributed by atoms with Crippen LogP contribution in [0.1, 0.15) is 31.1 Å². The Morgan fingerprint density at radius 3 is 2.30 bits per heavy atom. The second kappa shape index (κ2) is 5.83. The zero-order chi connectivity index (χ0) is 16.4. The summed E-state index contributed by atoms with van der Waals surface area (Å²) >= 11 is 0. The molecule has 0 saturated heterocycles. The van der Waals surface area contributed by atoms with Gasteiger partial charge in [-0.3, -0.25) is 4.79 Å². The van der Waals surface area contributed by atoms with Gasteiger partial charge in [0.25, 0.3) is 5.91 Å². The number of ether oxygens (including phenoxy) is 2. The summed E-state index contributed by atoms with van der Waals surface area (Å²) in [6.45, 7) is 6.50. The normalized spacial score (nSPS) is 12.8. The van der Waals surface area contributed by atoms with E-state index in [1.807, 2.05) is 24.3 Å². The van der Waals surface area contributed by atoms with Gasteiger partial charge in [-0.1, -0.05) is 0 Å². The van der Waals surface area contributed by atoms with Crippen molar-refractivity contribution < 1.29 is 14.3 Å². The molecular weight excluding hydrogens is 292 g/mol. The van der Waals surface area contributed by atoms with Gasteiger partial charge >= 0.3 is 0 Å². The summed E-state index contributed by atoms with van der Waals surface area (Å²) in [5.74, 6) is 1.08. The fourth-order valence-electron chi connectivity index (χ4n) is 2.31. The first-order valence-corrected chi connectivity index (χ1v) is 7.50. The lowest BCUT2D eigenvalue weighted by Crippen LogP contribution is -2.25. The van der Waals surface area contributed by atoms with Crippen LogP contribution in [0, 0.1) is 0 Å². The van der Waals surface area contributed by atoms with Crippen molar-refractivity contribution in [3.05, 3.63) is 48.0 Å². The van der Waals surface area contributed by atoms with E-state index in [0.29, 0.717) is 17.1 Å². The maximum absolute atomic E-state index is 12.3. The highest BCUT2D eigenvalue weighted by Gasteiger charge is 2.16. The van der Waals surface area contributed by atoms with Crippen LogP contribution in [-0.4, -0.2) is 18.2 Å². The Labute approximate surface area is 135 Å². The van der Waals surface area contributed by atoms with Crippen LogP contribution in [0.2, 0.25) is 0 Å². The quantitative estimate of drug-likeness (QED) is 0.903. The summed E-state index contributed by atoms with van der Waals surface area (Å²) in [5.41, 5.74) is 2.29. The molecule has 2 aromatic rings. The number of carbonyl (C=O) groups excluding carboxylic acids is 1. The van der Waals surface area contributed by atoms with Crippen LogP contribution in [0.4, 0.5) is 11.4 Å². The third-order valence-corrected chi connectivity index (χ3v) is 3.30. The number of benzene rings is 2. The fourth-order valence-corrected chi connectivity index (χ4v) is 2.31. The van der Waals surface area contributed by atoms with Gasteiger partial charge in [-0.2, -0.15) is 0 Å². The first-order chi connectivity index (χ1) is 10.9. The average molecular weight is 312 g/mol. The van der Waals surface area contributed by atoms with Crippen molar-refractivity contribution in [2.24, 2.45) is 0 Å². The third-order valence-electron chi connectivity index (χ3n) is 3.30. The topological polar surface area (TPSA) is 59.6 Å². The highest BCUT2D eigenvalue weighted by molar-refractivity contribution is 6.04. The summed E-state index contributed by atoms with van der Waals surface area (Å²) in [6, 6.07) is 12.8. The molecule has 3 rings (SSSR count). The summed E-state index contributed by atoms with van der Waals surface area (Å²) in [4.78, 5) is 12.3. The molecule has 0 radical (unpaired) electrons. The molecule has 1 aliphatic rings. The number of carbonyl (C=O) groups is 1. The SMILES string of the molecule is CC(C)(C)Nc1ccc(NC(=O)c2ccc3c(c2)OCO3)cc1. The molecule has 0 bridgehead atoms. The van der Waals surface area contributed by atoms with Crippen molar-refractivity contribution in [2.45, 2.75) is 26.3 Å². The Kier molecular flexibility index (Phi) is 3.86. The molecule has 0 atom stereocenters. The molecule has 120 valence electrons. The van der Waals surface area contributed by atoms with E-state index in [0.717, 1.165) is 11.4 Å². The number of amides is 1. The smallest absolute Gasteiger partial charge is 0.255 e. The Morgan fingerprint density at radius 2 is 1.61 bits per heavy atom. The Hall–Kier alpha value is -2.69. The zero-order valence-corrected chi connectivity index (χ0v) is 13.5. The molecule has 0 aromatic heterocycles. The molecular formula is C18H20N2O3. The molecule has 5 nitrogen and oxygen atoms in total. The second-order valence-electron chi connectivity index (χ2n) is 6.47. The monoisotopic (exact) mass is 312 g/mol. The molecule has 5 heteroatoms. The largest absolute Gasteiger partial charge is 0.454 e. The van der Waals surface area contributed by atoms with Crippen molar-refractivity contribution in [3.8, 4) is 11.5 Å². The highest BCUT2D eigenvalue weighted by Crippen LogP contribution is 2.32. The Balaban J connectivity index is 1.68. The Bertz CT molecular complexity index is 718. The summed E-state index contributed by atoms with van der Waals surface area (Å²) in [7, 11) is 0. The van der Waals surface area contributed by atoms with Crippen LogP contribution in [0.5, 0.6) is 11.5 Å². The molecule has 2 aromatic carbocycles. The molecule has 1 heterocycles. The predicted octanol–water partition coefficient (Wildman–Crippen LogP) is 3.88. The molecule has 0 fully saturated rings. The number of rotatable bonds is 3. The van der Waals surface area contributed by atoms with E-state index < -0.39 is 0 Å². The van der Waals surface area contributed by atoms with Gasteiger partial charge in [-0.15, -0.1) is 0 Å². The molecule has 0 aliphatic carbocycles. The van der Waals surface area contributed by atoms with Gasteiger partial charge in [-0.25, -0.2) is 0 Å². The summed E-state index contributed by atoms with van der Waals surface area (Å²) in [6.07, 6.45) is 0. The maximum atomic E-state index is 12.3. The van der Waals surface area contributed by atoms with Gasteiger partial charge in [-0.05, 0) is 63.2 Å². The first kappa shape index (κ1) is 15.2. The lowest BCUT2D eigenvalue weighted by atomic mass is 10.1. The minimum absolute atomic E-state index is 0.00273. The number of nitrogens with one attached hydrogen (secondary N) is 2. The van der Waals surface area contributed by atoms with Crippen molar-refractivity contribution in [1.82, 2.24) is 0 Å². The van der Waals surface area contributed by atoms with Crippen LogP contribution < -0.4 is 20.1 Å². The van der Waals surface area contributed by atoms with Crippen LogP contribution in [-0.2, 0) is 0 Å². The third kappa shape index (κ3) is 3.74. The number of hydrogen-bond donors (Lipinski definition) is 2. The van der Waals surface area contributed by atoms with Gasteiger partial charge in [0, 0.05) is 22.5 Å². The predicted molar refractivity (Wildman–Crippen MR) is 90.3 cm³/mol. The number of anilines is 2. The standard InChI is InChI=1S/C18H20N2O3/c1-18(2,3)20-14-7-5-13(6-8-14)19-17(21)12-4-9-15-16(10-12)23-11-22-15/h4-10,20H,11H2,1-3H3,(H,19,21). The molecule has 1 amide bonds.